The smallest absolute Gasteiger partial charge is 0.230 e. The van der Waals surface area contributed by atoms with Crippen LogP contribution in [-0.2, 0) is 11.2 Å². The largest absolute Gasteiger partial charge is 0.302 e. The van der Waals surface area contributed by atoms with Crippen LogP contribution in [0.1, 0.15) is 5.56 Å². The van der Waals surface area contributed by atoms with Gasteiger partial charge in [0.25, 0.3) is 0 Å². The normalized spacial score (nSPS) is 10.4. The Morgan fingerprint density at radius 2 is 1.95 bits per heavy atom. The Labute approximate surface area is 136 Å². The standard InChI is InChI=1S/C16H12ClN3OS/c17-12-6-4-11(5-7-12)9-15(21)20-16-19-14(10-22-16)13-3-1-2-8-18-13/h1-8,10H,9H2,(H,19,20,21). The number of amides is 1. The van der Waals surface area contributed by atoms with Crippen LogP contribution in [0.15, 0.2) is 54.0 Å². The van der Waals surface area contributed by atoms with E-state index in [4.69, 9.17) is 11.6 Å². The molecular formula is C16H12ClN3OS. The van der Waals surface area contributed by atoms with Crippen molar-refractivity contribution in [2.45, 2.75) is 6.42 Å². The fourth-order valence-electron chi connectivity index (χ4n) is 1.91. The number of aromatic nitrogens is 2. The fraction of sp³-hybridized carbons (Fsp3) is 0.0625. The minimum Gasteiger partial charge on any atom is -0.302 e. The molecular weight excluding hydrogens is 318 g/mol. The van der Waals surface area contributed by atoms with Gasteiger partial charge in [-0.2, -0.15) is 0 Å². The Morgan fingerprint density at radius 3 is 2.68 bits per heavy atom. The lowest BCUT2D eigenvalue weighted by atomic mass is 10.1. The lowest BCUT2D eigenvalue weighted by Gasteiger charge is -2.02. The number of benzene rings is 1. The number of hydrogen-bond donors (Lipinski definition) is 1. The maximum absolute atomic E-state index is 12.0. The van der Waals surface area contributed by atoms with Gasteiger partial charge in [-0.1, -0.05) is 29.8 Å². The second kappa shape index (κ2) is 6.68. The number of carbonyl (C=O) groups excluding carboxylic acids is 1. The Hall–Kier alpha value is -2.24. The average molecular weight is 330 g/mol. The van der Waals surface area contributed by atoms with Gasteiger partial charge >= 0.3 is 0 Å². The molecule has 0 saturated carbocycles. The van der Waals surface area contributed by atoms with Crippen LogP contribution in [0.5, 0.6) is 0 Å². The number of thiazole rings is 1. The molecule has 4 nitrogen and oxygen atoms in total. The molecule has 0 unspecified atom stereocenters. The van der Waals surface area contributed by atoms with Crippen molar-refractivity contribution in [1.29, 1.82) is 0 Å². The van der Waals surface area contributed by atoms with Gasteiger partial charge in [0.05, 0.1) is 12.1 Å². The third kappa shape index (κ3) is 3.69. The molecule has 1 aromatic carbocycles. The zero-order valence-electron chi connectivity index (χ0n) is 11.5. The van der Waals surface area contributed by atoms with Gasteiger partial charge in [0.2, 0.25) is 5.91 Å². The minimum atomic E-state index is -0.107. The number of nitrogens with one attached hydrogen (secondary N) is 1. The molecule has 0 saturated heterocycles. The Kier molecular flexibility index (Phi) is 4.46. The van der Waals surface area contributed by atoms with Crippen LogP contribution >= 0.6 is 22.9 Å². The molecule has 0 aliphatic rings. The van der Waals surface area contributed by atoms with Crippen LogP contribution in [0, 0.1) is 0 Å². The molecule has 0 atom stereocenters. The summed E-state index contributed by atoms with van der Waals surface area (Å²) in [6.07, 6.45) is 2.00. The summed E-state index contributed by atoms with van der Waals surface area (Å²) in [4.78, 5) is 20.6. The summed E-state index contributed by atoms with van der Waals surface area (Å²) >= 11 is 7.21. The van der Waals surface area contributed by atoms with E-state index in [9.17, 15) is 4.79 Å². The molecule has 0 fully saturated rings. The lowest BCUT2D eigenvalue weighted by Crippen LogP contribution is -2.14. The number of anilines is 1. The molecule has 0 spiro atoms. The number of hydrogen-bond acceptors (Lipinski definition) is 4. The summed E-state index contributed by atoms with van der Waals surface area (Å²) in [5.74, 6) is -0.107. The first-order valence-corrected chi connectivity index (χ1v) is 7.88. The predicted octanol–water partition coefficient (Wildman–Crippen LogP) is 4.04. The number of rotatable bonds is 4. The third-order valence-electron chi connectivity index (χ3n) is 2.96. The zero-order valence-corrected chi connectivity index (χ0v) is 13.1. The molecule has 2 heterocycles. The van der Waals surface area contributed by atoms with Crippen LogP contribution in [-0.4, -0.2) is 15.9 Å². The topological polar surface area (TPSA) is 54.9 Å². The van der Waals surface area contributed by atoms with Crippen molar-refractivity contribution in [3.63, 3.8) is 0 Å². The number of halogens is 1. The Morgan fingerprint density at radius 1 is 1.14 bits per heavy atom. The quantitative estimate of drug-likeness (QED) is 0.786. The van der Waals surface area contributed by atoms with Gasteiger partial charge < -0.3 is 5.32 Å². The first kappa shape index (κ1) is 14.7. The number of carbonyl (C=O) groups is 1. The molecule has 22 heavy (non-hydrogen) atoms. The van der Waals surface area contributed by atoms with Crippen LogP contribution < -0.4 is 5.32 Å². The summed E-state index contributed by atoms with van der Waals surface area (Å²) in [5, 5.41) is 5.90. The van der Waals surface area contributed by atoms with Crippen molar-refractivity contribution in [1.82, 2.24) is 9.97 Å². The first-order valence-electron chi connectivity index (χ1n) is 6.62. The molecule has 1 amide bonds. The molecule has 1 N–H and O–H groups in total. The first-order chi connectivity index (χ1) is 10.7. The van der Waals surface area contributed by atoms with E-state index in [2.05, 4.69) is 15.3 Å². The second-order valence-electron chi connectivity index (χ2n) is 4.60. The molecule has 0 aliphatic heterocycles. The summed E-state index contributed by atoms with van der Waals surface area (Å²) in [7, 11) is 0. The maximum atomic E-state index is 12.0. The second-order valence-corrected chi connectivity index (χ2v) is 5.90. The maximum Gasteiger partial charge on any atom is 0.230 e. The summed E-state index contributed by atoms with van der Waals surface area (Å²) < 4.78 is 0. The van der Waals surface area contributed by atoms with Gasteiger partial charge in [0.1, 0.15) is 5.69 Å². The molecule has 0 bridgehead atoms. The van der Waals surface area contributed by atoms with E-state index in [0.717, 1.165) is 17.0 Å². The summed E-state index contributed by atoms with van der Waals surface area (Å²) in [6, 6.07) is 12.9. The number of pyridine rings is 1. The zero-order chi connectivity index (χ0) is 15.4. The summed E-state index contributed by atoms with van der Waals surface area (Å²) in [5.41, 5.74) is 2.45. The van der Waals surface area contributed by atoms with E-state index in [1.54, 1.807) is 18.3 Å². The molecule has 0 aliphatic carbocycles. The van der Waals surface area contributed by atoms with E-state index < -0.39 is 0 Å². The van der Waals surface area contributed by atoms with Gasteiger partial charge in [-0.25, -0.2) is 4.98 Å². The predicted molar refractivity (Wildman–Crippen MR) is 89.1 cm³/mol. The van der Waals surface area contributed by atoms with Crippen molar-refractivity contribution < 1.29 is 4.79 Å². The Bertz CT molecular complexity index is 772. The van der Waals surface area contributed by atoms with Crippen LogP contribution in [0.4, 0.5) is 5.13 Å². The fourth-order valence-corrected chi connectivity index (χ4v) is 2.76. The highest BCUT2D eigenvalue weighted by Gasteiger charge is 2.09. The van der Waals surface area contributed by atoms with Crippen LogP contribution in [0.25, 0.3) is 11.4 Å². The van der Waals surface area contributed by atoms with Crippen LogP contribution in [0.3, 0.4) is 0 Å². The SMILES string of the molecule is O=C(Cc1ccc(Cl)cc1)Nc1nc(-c2ccccn2)cs1. The highest BCUT2D eigenvalue weighted by molar-refractivity contribution is 7.14. The van der Waals surface area contributed by atoms with Gasteiger partial charge in [-0.15, -0.1) is 11.3 Å². The van der Waals surface area contributed by atoms with Crippen molar-refractivity contribution in [2.75, 3.05) is 5.32 Å². The van der Waals surface area contributed by atoms with Crippen molar-refractivity contribution >= 4 is 34.0 Å². The molecule has 0 radical (unpaired) electrons. The summed E-state index contributed by atoms with van der Waals surface area (Å²) in [6.45, 7) is 0. The van der Waals surface area contributed by atoms with Crippen molar-refractivity contribution in [3.05, 3.63) is 64.6 Å². The van der Waals surface area contributed by atoms with Crippen LogP contribution in [0.2, 0.25) is 5.02 Å². The lowest BCUT2D eigenvalue weighted by molar-refractivity contribution is -0.115. The highest BCUT2D eigenvalue weighted by atomic mass is 35.5. The monoisotopic (exact) mass is 329 g/mol. The molecule has 6 heteroatoms. The molecule has 3 aromatic rings. The van der Waals surface area contributed by atoms with Crippen molar-refractivity contribution in [2.24, 2.45) is 0 Å². The van der Waals surface area contributed by atoms with E-state index in [1.807, 2.05) is 35.7 Å². The molecule has 2 aromatic heterocycles. The number of nitrogens with zero attached hydrogens (tertiary/aromatic N) is 2. The van der Waals surface area contributed by atoms with E-state index in [-0.39, 0.29) is 12.3 Å². The average Bonchev–Trinajstić information content (AvgIpc) is 2.99. The van der Waals surface area contributed by atoms with E-state index in [1.165, 1.54) is 11.3 Å². The van der Waals surface area contributed by atoms with E-state index >= 15 is 0 Å². The molecule has 110 valence electrons. The third-order valence-corrected chi connectivity index (χ3v) is 3.97. The van der Waals surface area contributed by atoms with Gasteiger partial charge in [0, 0.05) is 16.6 Å². The van der Waals surface area contributed by atoms with Gasteiger partial charge in [-0.05, 0) is 29.8 Å². The van der Waals surface area contributed by atoms with Crippen molar-refractivity contribution in [3.8, 4) is 11.4 Å². The van der Waals surface area contributed by atoms with E-state index in [0.29, 0.717) is 10.2 Å². The molecule has 3 rings (SSSR count). The Balaban J connectivity index is 1.65. The minimum absolute atomic E-state index is 0.107. The highest BCUT2D eigenvalue weighted by Crippen LogP contribution is 2.23. The van der Waals surface area contributed by atoms with Gasteiger partial charge in [0.15, 0.2) is 5.13 Å². The van der Waals surface area contributed by atoms with Gasteiger partial charge in [-0.3, -0.25) is 9.78 Å².